The molecule has 1 atom stereocenters. The number of amides is 1. The van der Waals surface area contributed by atoms with Gasteiger partial charge in [-0.1, -0.05) is 24.3 Å². The first-order chi connectivity index (χ1) is 12.7. The molecule has 27 heavy (non-hydrogen) atoms. The number of hydrogen-bond acceptors (Lipinski definition) is 4. The van der Waals surface area contributed by atoms with Crippen LogP contribution in [0.15, 0.2) is 54.0 Å². The number of nitrogens with zero attached hydrogens (tertiary/aromatic N) is 3. The van der Waals surface area contributed by atoms with E-state index in [1.54, 1.807) is 11.3 Å². The summed E-state index contributed by atoms with van der Waals surface area (Å²) >= 11 is 1.67. The molecule has 1 unspecified atom stereocenters. The Bertz CT molecular complexity index is 873. The highest BCUT2D eigenvalue weighted by atomic mass is 35.5. The topological polar surface area (TPSA) is 50.2 Å². The minimum absolute atomic E-state index is 0. The van der Waals surface area contributed by atoms with Gasteiger partial charge < -0.3 is 10.2 Å². The monoisotopic (exact) mass is 402 g/mol. The summed E-state index contributed by atoms with van der Waals surface area (Å²) < 4.78 is 1.90. The van der Waals surface area contributed by atoms with E-state index in [1.165, 1.54) is 0 Å². The van der Waals surface area contributed by atoms with Crippen molar-refractivity contribution in [2.24, 2.45) is 0 Å². The number of halogens is 1. The molecule has 1 aliphatic rings. The van der Waals surface area contributed by atoms with Crippen LogP contribution < -0.4 is 5.32 Å². The van der Waals surface area contributed by atoms with Crippen molar-refractivity contribution < 1.29 is 4.79 Å². The van der Waals surface area contributed by atoms with E-state index >= 15 is 0 Å². The molecule has 1 N–H and O–H groups in total. The van der Waals surface area contributed by atoms with Crippen molar-refractivity contribution >= 4 is 29.7 Å². The van der Waals surface area contributed by atoms with Gasteiger partial charge in [-0.15, -0.1) is 23.7 Å². The molecule has 7 heteroatoms. The molecule has 142 valence electrons. The maximum absolute atomic E-state index is 12.7. The summed E-state index contributed by atoms with van der Waals surface area (Å²) in [6, 6.07) is 14.1. The number of para-hydroxylation sites is 1. The molecule has 1 aliphatic heterocycles. The molecule has 2 aromatic heterocycles. The molecular weight excluding hydrogens is 380 g/mol. The third-order valence-electron chi connectivity index (χ3n) is 4.71. The second-order valence-electron chi connectivity index (χ2n) is 6.60. The largest absolute Gasteiger partial charge is 0.340 e. The van der Waals surface area contributed by atoms with Crippen molar-refractivity contribution in [3.05, 3.63) is 59.6 Å². The average Bonchev–Trinajstić information content (AvgIpc) is 3.42. The van der Waals surface area contributed by atoms with Crippen LogP contribution in [0.25, 0.3) is 16.3 Å². The Morgan fingerprint density at radius 1 is 1.30 bits per heavy atom. The maximum atomic E-state index is 12.7. The van der Waals surface area contributed by atoms with Crippen molar-refractivity contribution in [1.29, 1.82) is 0 Å². The minimum Gasteiger partial charge on any atom is -0.340 e. The molecule has 0 bridgehead atoms. The number of carbonyl (C=O) groups is 1. The molecule has 1 amide bonds. The Labute approximate surface area is 169 Å². The molecule has 0 aliphatic carbocycles. The molecule has 3 heterocycles. The van der Waals surface area contributed by atoms with E-state index in [0.717, 1.165) is 41.2 Å². The summed E-state index contributed by atoms with van der Waals surface area (Å²) in [5.74, 6) is 0.159. The Hall–Kier alpha value is -2.15. The lowest BCUT2D eigenvalue weighted by Crippen LogP contribution is -2.41. The summed E-state index contributed by atoms with van der Waals surface area (Å²) in [6.07, 6.45) is 4.02. The van der Waals surface area contributed by atoms with Gasteiger partial charge in [-0.2, -0.15) is 5.10 Å². The van der Waals surface area contributed by atoms with E-state index in [-0.39, 0.29) is 24.4 Å². The average molecular weight is 403 g/mol. The van der Waals surface area contributed by atoms with Crippen LogP contribution in [-0.2, 0) is 11.3 Å². The summed E-state index contributed by atoms with van der Waals surface area (Å²) in [4.78, 5) is 15.6. The van der Waals surface area contributed by atoms with Crippen molar-refractivity contribution in [3.63, 3.8) is 0 Å². The molecule has 1 saturated heterocycles. The Balaban J connectivity index is 0.00000210. The van der Waals surface area contributed by atoms with Gasteiger partial charge >= 0.3 is 0 Å². The standard InChI is InChI=1S/C20H22N4OS.ClH/c1-23(20(25)17-9-5-11-21-17)13-15-14-24(16-7-3-2-4-8-16)22-19(15)18-10-6-12-26-18;/h2-4,6-8,10,12,14,17,21H,5,9,11,13H2,1H3;1H. The smallest absolute Gasteiger partial charge is 0.239 e. The number of likely N-dealkylation sites (N-methyl/N-ethyl adjacent to an activating group) is 1. The molecule has 0 spiro atoms. The minimum atomic E-state index is -0.0469. The molecule has 4 rings (SSSR count). The summed E-state index contributed by atoms with van der Waals surface area (Å²) in [6.45, 7) is 1.48. The van der Waals surface area contributed by atoms with E-state index in [1.807, 2.05) is 59.2 Å². The third kappa shape index (κ3) is 4.24. The van der Waals surface area contributed by atoms with Crippen LogP contribution in [-0.4, -0.2) is 40.2 Å². The lowest BCUT2D eigenvalue weighted by molar-refractivity contribution is -0.132. The van der Waals surface area contributed by atoms with E-state index in [2.05, 4.69) is 16.8 Å². The lowest BCUT2D eigenvalue weighted by Gasteiger charge is -2.21. The third-order valence-corrected chi connectivity index (χ3v) is 5.58. The Kier molecular flexibility index (Phi) is 6.31. The fourth-order valence-electron chi connectivity index (χ4n) is 3.35. The van der Waals surface area contributed by atoms with Crippen molar-refractivity contribution in [2.45, 2.75) is 25.4 Å². The van der Waals surface area contributed by atoms with E-state index < -0.39 is 0 Å². The van der Waals surface area contributed by atoms with Crippen LogP contribution in [0.1, 0.15) is 18.4 Å². The summed E-state index contributed by atoms with van der Waals surface area (Å²) in [5, 5.41) is 10.1. The van der Waals surface area contributed by atoms with E-state index in [4.69, 9.17) is 5.10 Å². The highest BCUT2D eigenvalue weighted by Crippen LogP contribution is 2.28. The van der Waals surface area contributed by atoms with Crippen LogP contribution in [0.2, 0.25) is 0 Å². The zero-order valence-corrected chi connectivity index (χ0v) is 16.8. The van der Waals surface area contributed by atoms with Crippen LogP contribution in [0.3, 0.4) is 0 Å². The molecule has 1 fully saturated rings. The highest BCUT2D eigenvalue weighted by molar-refractivity contribution is 7.13. The Morgan fingerprint density at radius 2 is 2.11 bits per heavy atom. The first kappa shape index (κ1) is 19.6. The predicted octanol–water partition coefficient (Wildman–Crippen LogP) is 3.73. The van der Waals surface area contributed by atoms with Gasteiger partial charge in [0, 0.05) is 25.4 Å². The first-order valence-corrected chi connectivity index (χ1v) is 9.76. The van der Waals surface area contributed by atoms with Gasteiger partial charge in [-0.3, -0.25) is 4.79 Å². The number of benzene rings is 1. The van der Waals surface area contributed by atoms with Gasteiger partial charge in [-0.25, -0.2) is 4.68 Å². The molecular formula is C20H23ClN4OS. The maximum Gasteiger partial charge on any atom is 0.239 e. The van der Waals surface area contributed by atoms with Gasteiger partial charge in [0.15, 0.2) is 0 Å². The van der Waals surface area contributed by atoms with Gasteiger partial charge in [0.25, 0.3) is 0 Å². The second-order valence-corrected chi connectivity index (χ2v) is 7.55. The van der Waals surface area contributed by atoms with Crippen LogP contribution in [0, 0.1) is 0 Å². The number of carbonyl (C=O) groups excluding carboxylic acids is 1. The van der Waals surface area contributed by atoms with Crippen molar-refractivity contribution in [2.75, 3.05) is 13.6 Å². The number of nitrogens with one attached hydrogen (secondary N) is 1. The van der Waals surface area contributed by atoms with Gasteiger partial charge in [0.1, 0.15) is 5.69 Å². The number of thiophene rings is 1. The fraction of sp³-hybridized carbons (Fsp3) is 0.300. The number of aromatic nitrogens is 2. The van der Waals surface area contributed by atoms with E-state index in [9.17, 15) is 4.79 Å². The molecule has 5 nitrogen and oxygen atoms in total. The first-order valence-electron chi connectivity index (χ1n) is 8.88. The predicted molar refractivity (Wildman–Crippen MR) is 112 cm³/mol. The summed E-state index contributed by atoms with van der Waals surface area (Å²) in [7, 11) is 1.88. The van der Waals surface area contributed by atoms with Crippen molar-refractivity contribution in [1.82, 2.24) is 20.0 Å². The molecule has 0 radical (unpaired) electrons. The highest BCUT2D eigenvalue weighted by Gasteiger charge is 2.26. The molecule has 3 aromatic rings. The Morgan fingerprint density at radius 3 is 2.78 bits per heavy atom. The molecule has 1 aromatic carbocycles. The van der Waals surface area contributed by atoms with Crippen LogP contribution in [0.4, 0.5) is 0 Å². The number of rotatable bonds is 5. The van der Waals surface area contributed by atoms with E-state index in [0.29, 0.717) is 6.54 Å². The number of hydrogen-bond donors (Lipinski definition) is 1. The normalized spacial score (nSPS) is 16.1. The van der Waals surface area contributed by atoms with Crippen LogP contribution >= 0.6 is 23.7 Å². The lowest BCUT2D eigenvalue weighted by atomic mass is 10.1. The van der Waals surface area contributed by atoms with Crippen molar-refractivity contribution in [3.8, 4) is 16.3 Å². The van der Waals surface area contributed by atoms with Gasteiger partial charge in [-0.05, 0) is 43.0 Å². The molecule has 0 saturated carbocycles. The fourth-order valence-corrected chi connectivity index (χ4v) is 4.10. The second kappa shape index (κ2) is 8.69. The summed E-state index contributed by atoms with van der Waals surface area (Å²) in [5.41, 5.74) is 3.02. The van der Waals surface area contributed by atoms with Crippen LogP contribution in [0.5, 0.6) is 0 Å². The SMILES string of the molecule is CN(Cc1cn(-c2ccccc2)nc1-c1cccs1)C(=O)C1CCCN1.Cl. The van der Waals surface area contributed by atoms with Gasteiger partial charge in [0.2, 0.25) is 5.91 Å². The van der Waals surface area contributed by atoms with Gasteiger partial charge in [0.05, 0.1) is 16.6 Å². The zero-order valence-electron chi connectivity index (χ0n) is 15.2. The zero-order chi connectivity index (χ0) is 17.9. The quantitative estimate of drug-likeness (QED) is 0.707.